The molecule has 1 atom stereocenters. The van der Waals surface area contributed by atoms with Gasteiger partial charge in [0, 0.05) is 18.2 Å². The van der Waals surface area contributed by atoms with E-state index in [0.717, 1.165) is 31.4 Å². The van der Waals surface area contributed by atoms with E-state index in [1.54, 1.807) is 6.07 Å². The zero-order chi connectivity index (χ0) is 11.8. The smallest absolute Gasteiger partial charge is 0.130 e. The van der Waals surface area contributed by atoms with Crippen LogP contribution in [-0.4, -0.2) is 6.04 Å². The van der Waals surface area contributed by atoms with E-state index in [0.29, 0.717) is 6.04 Å². The fraction of sp³-hybridized carbons (Fsp3) is 0.467. The van der Waals surface area contributed by atoms with Gasteiger partial charge in [0.15, 0.2) is 0 Å². The Morgan fingerprint density at radius 3 is 2.88 bits per heavy atom. The molecule has 1 heterocycles. The minimum Gasteiger partial charge on any atom is -0.310 e. The molecule has 1 aliphatic heterocycles. The highest BCUT2D eigenvalue weighted by molar-refractivity contribution is 5.60. The lowest BCUT2D eigenvalue weighted by Gasteiger charge is -2.26. The van der Waals surface area contributed by atoms with Crippen LogP contribution >= 0.6 is 0 Å². The van der Waals surface area contributed by atoms with E-state index < -0.39 is 0 Å². The van der Waals surface area contributed by atoms with E-state index in [1.807, 2.05) is 6.07 Å². The molecular weight excluding hydrogens is 213 g/mol. The van der Waals surface area contributed by atoms with Crippen LogP contribution in [0.3, 0.4) is 0 Å². The molecule has 0 bridgehead atoms. The van der Waals surface area contributed by atoms with Crippen LogP contribution in [0, 0.1) is 5.82 Å². The molecule has 1 N–H and O–H groups in total. The Balaban J connectivity index is 2.04. The second-order valence-electron chi connectivity index (χ2n) is 5.24. The molecule has 17 heavy (non-hydrogen) atoms. The van der Waals surface area contributed by atoms with Gasteiger partial charge in [-0.05, 0) is 49.8 Å². The molecule has 1 aromatic carbocycles. The predicted molar refractivity (Wildman–Crippen MR) is 68.2 cm³/mol. The fourth-order valence-electron chi connectivity index (χ4n) is 2.65. The molecule has 0 amide bonds. The summed E-state index contributed by atoms with van der Waals surface area (Å²) in [5, 5.41) is 3.42. The molecule has 0 radical (unpaired) electrons. The first-order chi connectivity index (χ1) is 8.24. The van der Waals surface area contributed by atoms with Crippen LogP contribution in [0.4, 0.5) is 4.39 Å². The Kier molecular flexibility index (Phi) is 2.75. The molecule has 1 fully saturated rings. The Morgan fingerprint density at radius 1 is 1.35 bits per heavy atom. The van der Waals surface area contributed by atoms with E-state index in [2.05, 4.69) is 18.3 Å². The van der Waals surface area contributed by atoms with Crippen LogP contribution in [0.25, 0.3) is 6.08 Å². The predicted octanol–water partition coefficient (Wildman–Crippen LogP) is 3.43. The second-order valence-corrected chi connectivity index (χ2v) is 5.24. The average Bonchev–Trinajstić information content (AvgIpc) is 2.25. The lowest BCUT2D eigenvalue weighted by Crippen LogP contribution is -2.33. The highest BCUT2D eigenvalue weighted by Gasteiger charge is 2.19. The van der Waals surface area contributed by atoms with Gasteiger partial charge in [0.1, 0.15) is 5.82 Å². The molecule has 0 saturated heterocycles. The number of halogens is 1. The Morgan fingerprint density at radius 2 is 2.18 bits per heavy atom. The zero-order valence-electron chi connectivity index (χ0n) is 10.2. The minimum absolute atomic E-state index is 0.0699. The van der Waals surface area contributed by atoms with Crippen molar-refractivity contribution in [1.82, 2.24) is 5.32 Å². The average molecular weight is 231 g/mol. The van der Waals surface area contributed by atoms with Crippen molar-refractivity contribution in [1.29, 1.82) is 0 Å². The molecule has 2 aliphatic rings. The summed E-state index contributed by atoms with van der Waals surface area (Å²) in [6, 6.07) is 4.07. The summed E-state index contributed by atoms with van der Waals surface area (Å²) in [6.07, 6.45) is 6.64. The van der Waals surface area contributed by atoms with Crippen LogP contribution < -0.4 is 5.32 Å². The first-order valence-corrected chi connectivity index (χ1v) is 6.47. The van der Waals surface area contributed by atoms with Crippen molar-refractivity contribution in [2.45, 2.75) is 45.2 Å². The molecule has 1 aromatic rings. The molecule has 1 nitrogen and oxygen atoms in total. The van der Waals surface area contributed by atoms with Crippen molar-refractivity contribution in [2.75, 3.05) is 0 Å². The molecular formula is C15H18FN. The maximum absolute atomic E-state index is 13.9. The van der Waals surface area contributed by atoms with Gasteiger partial charge < -0.3 is 5.32 Å². The molecule has 2 heteroatoms. The first-order valence-electron chi connectivity index (χ1n) is 6.47. The number of nitrogens with one attached hydrogen (secondary N) is 1. The zero-order valence-corrected chi connectivity index (χ0v) is 10.2. The summed E-state index contributed by atoms with van der Waals surface area (Å²) in [5.74, 6) is -0.0699. The maximum atomic E-state index is 13.9. The van der Waals surface area contributed by atoms with Crippen molar-refractivity contribution < 1.29 is 4.39 Å². The highest BCUT2D eigenvalue weighted by Crippen LogP contribution is 2.31. The Bertz CT molecular complexity index is 470. The van der Waals surface area contributed by atoms with E-state index in [1.165, 1.54) is 23.1 Å². The summed E-state index contributed by atoms with van der Waals surface area (Å²) in [7, 11) is 0. The number of hydrogen-bond donors (Lipinski definition) is 1. The largest absolute Gasteiger partial charge is 0.310 e. The van der Waals surface area contributed by atoms with Gasteiger partial charge in [-0.1, -0.05) is 17.7 Å². The van der Waals surface area contributed by atoms with Gasteiger partial charge in [0.2, 0.25) is 0 Å². The van der Waals surface area contributed by atoms with Crippen LogP contribution in [0.1, 0.15) is 42.9 Å². The Labute approximate surface area is 102 Å². The quantitative estimate of drug-likeness (QED) is 0.780. The maximum Gasteiger partial charge on any atom is 0.130 e. The molecule has 1 unspecified atom stereocenters. The lowest BCUT2D eigenvalue weighted by molar-refractivity contribution is 0.508. The van der Waals surface area contributed by atoms with Gasteiger partial charge in [-0.25, -0.2) is 4.39 Å². The fourth-order valence-corrected chi connectivity index (χ4v) is 2.65. The summed E-state index contributed by atoms with van der Waals surface area (Å²) < 4.78 is 13.9. The van der Waals surface area contributed by atoms with Gasteiger partial charge in [-0.2, -0.15) is 0 Å². The lowest BCUT2D eigenvalue weighted by atomic mass is 9.87. The molecule has 0 aromatic heterocycles. The molecule has 3 rings (SSSR count). The van der Waals surface area contributed by atoms with E-state index in [-0.39, 0.29) is 5.82 Å². The third-order valence-electron chi connectivity index (χ3n) is 3.90. The molecule has 1 aliphatic carbocycles. The SMILES string of the molecule is CC1Cc2ccc(F)c(C=C3CCC3)c2CN1. The number of rotatable bonds is 1. The topological polar surface area (TPSA) is 12.0 Å². The highest BCUT2D eigenvalue weighted by atomic mass is 19.1. The van der Waals surface area contributed by atoms with Gasteiger partial charge in [-0.3, -0.25) is 0 Å². The summed E-state index contributed by atoms with van der Waals surface area (Å²) in [4.78, 5) is 0. The van der Waals surface area contributed by atoms with Gasteiger partial charge >= 0.3 is 0 Å². The molecule has 1 saturated carbocycles. The monoisotopic (exact) mass is 231 g/mol. The van der Waals surface area contributed by atoms with E-state index >= 15 is 0 Å². The minimum atomic E-state index is -0.0699. The van der Waals surface area contributed by atoms with Crippen molar-refractivity contribution in [2.24, 2.45) is 0 Å². The number of hydrogen-bond acceptors (Lipinski definition) is 1. The van der Waals surface area contributed by atoms with Gasteiger partial charge in [0.25, 0.3) is 0 Å². The van der Waals surface area contributed by atoms with Crippen LogP contribution in [0.15, 0.2) is 17.7 Å². The number of benzene rings is 1. The standard InChI is InChI=1S/C15H18FN/c1-10-7-12-5-6-15(16)13(14(12)9-17-10)8-11-3-2-4-11/h5-6,8,10,17H,2-4,7,9H2,1H3. The van der Waals surface area contributed by atoms with Gasteiger partial charge in [-0.15, -0.1) is 0 Å². The molecule has 0 spiro atoms. The normalized spacial score (nSPS) is 22.9. The van der Waals surface area contributed by atoms with Crippen LogP contribution in [0.2, 0.25) is 0 Å². The van der Waals surface area contributed by atoms with Crippen molar-refractivity contribution in [3.63, 3.8) is 0 Å². The van der Waals surface area contributed by atoms with Crippen molar-refractivity contribution >= 4 is 6.08 Å². The van der Waals surface area contributed by atoms with Crippen LogP contribution in [0.5, 0.6) is 0 Å². The first kappa shape index (κ1) is 11.0. The van der Waals surface area contributed by atoms with Gasteiger partial charge in [0.05, 0.1) is 0 Å². The van der Waals surface area contributed by atoms with E-state index in [4.69, 9.17) is 0 Å². The summed E-state index contributed by atoms with van der Waals surface area (Å²) in [5.41, 5.74) is 4.71. The Hall–Kier alpha value is -1.15. The summed E-state index contributed by atoms with van der Waals surface area (Å²) >= 11 is 0. The van der Waals surface area contributed by atoms with E-state index in [9.17, 15) is 4.39 Å². The van der Waals surface area contributed by atoms with Crippen molar-refractivity contribution in [3.8, 4) is 0 Å². The third kappa shape index (κ3) is 2.02. The second kappa shape index (κ2) is 4.26. The van der Waals surface area contributed by atoms with Crippen molar-refractivity contribution in [3.05, 3.63) is 40.2 Å². The number of allylic oxidation sites excluding steroid dienone is 1. The number of fused-ring (bicyclic) bond motifs is 1. The molecule has 90 valence electrons. The summed E-state index contributed by atoms with van der Waals surface area (Å²) in [6.45, 7) is 2.98. The third-order valence-corrected chi connectivity index (χ3v) is 3.90. The van der Waals surface area contributed by atoms with Crippen LogP contribution in [-0.2, 0) is 13.0 Å².